The standard InChI is InChI=1S/C22H19Cl2F3N2O5S2/c1-4-34-16-8-6-13(10-17(16)33-3)29(2)36(31,32)18-11-19(24)35-20(18)21(30)28-15-9-12(22(25,26)27)5-7-14(15)23/h5-11H,4H2,1-3H3,(H,28,30). The van der Waals surface area contributed by atoms with Gasteiger partial charge in [-0.25, -0.2) is 8.42 Å². The lowest BCUT2D eigenvalue weighted by atomic mass is 10.2. The third-order valence-electron chi connectivity index (χ3n) is 4.87. The maximum atomic E-state index is 13.4. The Morgan fingerprint density at radius 2 is 1.81 bits per heavy atom. The number of hydrogen-bond acceptors (Lipinski definition) is 6. The van der Waals surface area contributed by atoms with Gasteiger partial charge in [0.05, 0.1) is 40.0 Å². The molecule has 3 aromatic rings. The van der Waals surface area contributed by atoms with Crippen molar-refractivity contribution < 1.29 is 35.9 Å². The van der Waals surface area contributed by atoms with Crippen LogP contribution in [0.4, 0.5) is 24.5 Å². The van der Waals surface area contributed by atoms with E-state index in [1.54, 1.807) is 6.92 Å². The van der Waals surface area contributed by atoms with Crippen LogP contribution in [-0.2, 0) is 16.2 Å². The Labute approximate surface area is 219 Å². The minimum Gasteiger partial charge on any atom is -0.493 e. The molecule has 0 aliphatic carbocycles. The summed E-state index contributed by atoms with van der Waals surface area (Å²) < 4.78 is 77.7. The monoisotopic (exact) mass is 582 g/mol. The zero-order valence-corrected chi connectivity index (χ0v) is 22.1. The van der Waals surface area contributed by atoms with Crippen LogP contribution in [0.3, 0.4) is 0 Å². The molecule has 194 valence electrons. The maximum absolute atomic E-state index is 13.4. The van der Waals surface area contributed by atoms with Gasteiger partial charge in [-0.3, -0.25) is 9.10 Å². The molecule has 0 bridgehead atoms. The van der Waals surface area contributed by atoms with Crippen LogP contribution in [0.2, 0.25) is 9.36 Å². The van der Waals surface area contributed by atoms with Crippen molar-refractivity contribution in [1.29, 1.82) is 0 Å². The molecular formula is C22H19Cl2F3N2O5S2. The highest BCUT2D eigenvalue weighted by Crippen LogP contribution is 2.38. The van der Waals surface area contributed by atoms with Crippen LogP contribution in [-0.4, -0.2) is 35.1 Å². The number of anilines is 2. The lowest BCUT2D eigenvalue weighted by Gasteiger charge is -2.21. The van der Waals surface area contributed by atoms with Crippen LogP contribution in [0.5, 0.6) is 11.5 Å². The van der Waals surface area contributed by atoms with Crippen LogP contribution in [0, 0.1) is 0 Å². The van der Waals surface area contributed by atoms with Gasteiger partial charge in [0.1, 0.15) is 9.77 Å². The molecule has 0 aliphatic heterocycles. The molecule has 1 heterocycles. The van der Waals surface area contributed by atoms with Gasteiger partial charge in [0.25, 0.3) is 15.9 Å². The number of amides is 1. The molecule has 0 fully saturated rings. The number of sulfonamides is 1. The molecule has 1 amide bonds. The van der Waals surface area contributed by atoms with E-state index >= 15 is 0 Å². The average molecular weight is 583 g/mol. The van der Waals surface area contributed by atoms with Crippen LogP contribution in [0.1, 0.15) is 22.2 Å². The summed E-state index contributed by atoms with van der Waals surface area (Å²) in [5.74, 6) is -0.299. The second kappa shape index (κ2) is 10.8. The lowest BCUT2D eigenvalue weighted by molar-refractivity contribution is -0.137. The number of alkyl halides is 3. The Bertz CT molecular complexity index is 1390. The first kappa shape index (κ1) is 27.9. The summed E-state index contributed by atoms with van der Waals surface area (Å²) in [6.07, 6.45) is -4.67. The first-order valence-corrected chi connectivity index (χ1v) is 13.1. The van der Waals surface area contributed by atoms with E-state index in [1.165, 1.54) is 32.4 Å². The van der Waals surface area contributed by atoms with Crippen molar-refractivity contribution in [1.82, 2.24) is 0 Å². The molecule has 7 nitrogen and oxygen atoms in total. The molecule has 0 atom stereocenters. The van der Waals surface area contributed by atoms with Gasteiger partial charge < -0.3 is 14.8 Å². The van der Waals surface area contributed by atoms with Gasteiger partial charge in [-0.15, -0.1) is 11.3 Å². The van der Waals surface area contributed by atoms with Crippen LogP contribution in [0.15, 0.2) is 47.4 Å². The van der Waals surface area contributed by atoms with Crippen molar-refractivity contribution in [3.05, 3.63) is 62.3 Å². The van der Waals surface area contributed by atoms with Crippen molar-refractivity contribution in [2.45, 2.75) is 18.0 Å². The van der Waals surface area contributed by atoms with Gasteiger partial charge in [-0.05, 0) is 43.3 Å². The Morgan fingerprint density at radius 1 is 1.11 bits per heavy atom. The van der Waals surface area contributed by atoms with Crippen molar-refractivity contribution in [2.75, 3.05) is 30.4 Å². The summed E-state index contributed by atoms with van der Waals surface area (Å²) >= 11 is 12.6. The van der Waals surface area contributed by atoms with Crippen molar-refractivity contribution in [3.8, 4) is 11.5 Å². The zero-order chi connectivity index (χ0) is 26.8. The Kier molecular flexibility index (Phi) is 8.33. The third-order valence-corrected chi connectivity index (χ3v) is 8.40. The molecule has 2 aromatic carbocycles. The normalized spacial score (nSPS) is 11.8. The van der Waals surface area contributed by atoms with Gasteiger partial charge in [0.15, 0.2) is 11.5 Å². The molecule has 36 heavy (non-hydrogen) atoms. The fraction of sp³-hybridized carbons (Fsp3) is 0.227. The minimum absolute atomic E-state index is 0.0217. The number of nitrogens with one attached hydrogen (secondary N) is 1. The number of benzene rings is 2. The maximum Gasteiger partial charge on any atom is 0.416 e. The van der Waals surface area contributed by atoms with E-state index in [2.05, 4.69) is 5.32 Å². The predicted molar refractivity (Wildman–Crippen MR) is 133 cm³/mol. The summed E-state index contributed by atoms with van der Waals surface area (Å²) in [6, 6.07) is 7.95. The Balaban J connectivity index is 1.98. The number of ether oxygens (including phenoxy) is 2. The fourth-order valence-electron chi connectivity index (χ4n) is 3.09. The molecular weight excluding hydrogens is 564 g/mol. The van der Waals surface area contributed by atoms with Crippen LogP contribution < -0.4 is 19.1 Å². The highest BCUT2D eigenvalue weighted by Gasteiger charge is 2.33. The van der Waals surface area contributed by atoms with Gasteiger partial charge in [0, 0.05) is 13.1 Å². The molecule has 0 unspecified atom stereocenters. The molecule has 1 N–H and O–H groups in total. The molecule has 0 saturated carbocycles. The third kappa shape index (κ3) is 5.83. The van der Waals surface area contributed by atoms with Crippen LogP contribution in [0.25, 0.3) is 0 Å². The van der Waals surface area contributed by atoms with Crippen LogP contribution >= 0.6 is 34.5 Å². The van der Waals surface area contributed by atoms with Gasteiger partial charge in [0.2, 0.25) is 0 Å². The molecule has 0 spiro atoms. The Morgan fingerprint density at radius 3 is 2.42 bits per heavy atom. The number of thiophene rings is 1. The Hall–Kier alpha value is -2.67. The topological polar surface area (TPSA) is 84.9 Å². The number of carbonyl (C=O) groups is 1. The van der Waals surface area contributed by atoms with E-state index < -0.39 is 32.6 Å². The molecule has 0 saturated heterocycles. The summed E-state index contributed by atoms with van der Waals surface area (Å²) in [4.78, 5) is 12.2. The van der Waals surface area contributed by atoms with Crippen molar-refractivity contribution in [3.63, 3.8) is 0 Å². The van der Waals surface area contributed by atoms with Gasteiger partial charge in [-0.2, -0.15) is 13.2 Å². The molecule has 0 radical (unpaired) electrons. The number of carbonyl (C=O) groups excluding carboxylic acids is 1. The van der Waals surface area contributed by atoms with E-state index in [-0.39, 0.29) is 31.4 Å². The van der Waals surface area contributed by atoms with Gasteiger partial charge >= 0.3 is 6.18 Å². The largest absolute Gasteiger partial charge is 0.493 e. The second-order valence-corrected chi connectivity index (χ2v) is 11.2. The highest BCUT2D eigenvalue weighted by atomic mass is 35.5. The van der Waals surface area contributed by atoms with Crippen molar-refractivity contribution >= 4 is 61.8 Å². The first-order valence-electron chi connectivity index (χ1n) is 10.1. The number of methoxy groups -OCH3 is 1. The van der Waals surface area contributed by atoms with E-state index in [0.29, 0.717) is 29.8 Å². The number of hydrogen-bond donors (Lipinski definition) is 1. The van der Waals surface area contributed by atoms with Crippen molar-refractivity contribution in [2.24, 2.45) is 0 Å². The summed E-state index contributed by atoms with van der Waals surface area (Å²) in [6.45, 7) is 2.15. The second-order valence-electron chi connectivity index (χ2n) is 7.13. The SMILES string of the molecule is CCOc1ccc(N(C)S(=O)(=O)c2cc(Cl)sc2C(=O)Nc2cc(C(F)(F)F)ccc2Cl)cc1OC. The molecule has 3 rings (SSSR count). The average Bonchev–Trinajstić information content (AvgIpc) is 3.22. The van der Waals surface area contributed by atoms with E-state index in [1.807, 2.05) is 0 Å². The lowest BCUT2D eigenvalue weighted by Crippen LogP contribution is -2.28. The van der Waals surface area contributed by atoms with E-state index in [0.717, 1.165) is 22.5 Å². The smallest absolute Gasteiger partial charge is 0.416 e. The number of halogens is 5. The quantitative estimate of drug-likeness (QED) is 0.325. The molecule has 14 heteroatoms. The van der Waals surface area contributed by atoms with E-state index in [9.17, 15) is 26.4 Å². The fourth-order valence-corrected chi connectivity index (χ4v) is 6.13. The molecule has 0 aliphatic rings. The van der Waals surface area contributed by atoms with E-state index in [4.69, 9.17) is 32.7 Å². The zero-order valence-electron chi connectivity index (χ0n) is 18.9. The predicted octanol–water partition coefficient (Wildman–Crippen LogP) is 6.56. The first-order chi connectivity index (χ1) is 16.8. The number of nitrogens with zero attached hydrogens (tertiary/aromatic N) is 1. The summed E-state index contributed by atoms with van der Waals surface area (Å²) in [5.41, 5.74) is -1.18. The number of rotatable bonds is 8. The summed E-state index contributed by atoms with van der Waals surface area (Å²) in [7, 11) is -1.68. The highest BCUT2D eigenvalue weighted by molar-refractivity contribution is 7.93. The van der Waals surface area contributed by atoms with Gasteiger partial charge in [-0.1, -0.05) is 23.2 Å². The minimum atomic E-state index is -4.67. The molecule has 1 aromatic heterocycles. The summed E-state index contributed by atoms with van der Waals surface area (Å²) in [5, 5.41) is 2.08.